The zero-order valence-corrected chi connectivity index (χ0v) is 10.7. The van der Waals surface area contributed by atoms with Crippen LogP contribution < -0.4 is 4.74 Å². The molecule has 4 unspecified atom stereocenters. The summed E-state index contributed by atoms with van der Waals surface area (Å²) < 4.78 is 5.48. The van der Waals surface area contributed by atoms with E-state index in [-0.39, 0.29) is 5.97 Å². The Morgan fingerprint density at radius 1 is 1.11 bits per heavy atom. The van der Waals surface area contributed by atoms with Crippen molar-refractivity contribution in [1.82, 2.24) is 0 Å². The average Bonchev–Trinajstić information content (AvgIpc) is 3.13. The number of carbonyl (C=O) groups excluding carboxylic acids is 1. The van der Waals surface area contributed by atoms with E-state index in [9.17, 15) is 4.79 Å². The van der Waals surface area contributed by atoms with Gasteiger partial charge in [0.05, 0.1) is 0 Å². The molecule has 2 bridgehead atoms. The van der Waals surface area contributed by atoms with Crippen LogP contribution in [0, 0.1) is 23.7 Å². The number of esters is 1. The molecule has 1 fully saturated rings. The lowest BCUT2D eigenvalue weighted by molar-refractivity contribution is -0.130. The fourth-order valence-corrected chi connectivity index (χ4v) is 3.98. The first-order chi connectivity index (χ1) is 9.33. The molecule has 0 aromatic heterocycles. The molecule has 0 heterocycles. The van der Waals surface area contributed by atoms with Crippen LogP contribution in [-0.2, 0) is 4.79 Å². The van der Waals surface area contributed by atoms with Crippen molar-refractivity contribution < 1.29 is 9.53 Å². The molecule has 1 saturated carbocycles. The Morgan fingerprint density at radius 2 is 1.89 bits per heavy atom. The number of para-hydroxylation sites is 1. The molecule has 0 saturated heterocycles. The van der Waals surface area contributed by atoms with Crippen molar-refractivity contribution in [3.63, 3.8) is 0 Å². The topological polar surface area (TPSA) is 26.3 Å². The van der Waals surface area contributed by atoms with Gasteiger partial charge in [-0.1, -0.05) is 36.4 Å². The van der Waals surface area contributed by atoms with Gasteiger partial charge in [-0.2, -0.15) is 0 Å². The Kier molecular flexibility index (Phi) is 2.37. The quantitative estimate of drug-likeness (QED) is 0.458. The lowest BCUT2D eigenvalue weighted by atomic mass is 9.82. The molecule has 0 radical (unpaired) electrons. The number of fused-ring (bicyclic) bond motifs is 5. The number of rotatable bonds is 2. The second-order valence-electron chi connectivity index (χ2n) is 5.74. The van der Waals surface area contributed by atoms with Crippen molar-refractivity contribution in [2.75, 3.05) is 0 Å². The highest BCUT2D eigenvalue weighted by Gasteiger charge is 2.49. The van der Waals surface area contributed by atoms with E-state index < -0.39 is 0 Å². The van der Waals surface area contributed by atoms with E-state index in [1.807, 2.05) is 30.3 Å². The van der Waals surface area contributed by atoms with E-state index in [4.69, 9.17) is 4.74 Å². The maximum atomic E-state index is 12.3. The van der Waals surface area contributed by atoms with E-state index in [1.54, 1.807) is 0 Å². The smallest absolute Gasteiger partial charge is 0.339 e. The Morgan fingerprint density at radius 3 is 2.74 bits per heavy atom. The Bertz CT molecular complexity index is 570. The number of carbonyl (C=O) groups is 1. The Hall–Kier alpha value is -1.83. The summed E-state index contributed by atoms with van der Waals surface area (Å²) >= 11 is 0. The maximum absolute atomic E-state index is 12.3. The van der Waals surface area contributed by atoms with Crippen molar-refractivity contribution in [3.8, 4) is 5.75 Å². The lowest BCUT2D eigenvalue weighted by Gasteiger charge is -2.22. The highest BCUT2D eigenvalue weighted by molar-refractivity contribution is 5.91. The summed E-state index contributed by atoms with van der Waals surface area (Å²) in [5, 5.41) is 0. The zero-order chi connectivity index (χ0) is 12.8. The SMILES string of the molecule is O=C(Oc1ccccc1)C1=CCC2C3C=CC(C3)C12. The van der Waals surface area contributed by atoms with Gasteiger partial charge in [0.25, 0.3) is 0 Å². The molecule has 0 amide bonds. The first-order valence-electron chi connectivity index (χ1n) is 6.98. The van der Waals surface area contributed by atoms with Gasteiger partial charge in [-0.25, -0.2) is 4.79 Å². The predicted octanol–water partition coefficient (Wildman–Crippen LogP) is 3.36. The zero-order valence-electron chi connectivity index (χ0n) is 10.7. The van der Waals surface area contributed by atoms with Gasteiger partial charge in [-0.05, 0) is 42.7 Å². The Labute approximate surface area is 112 Å². The number of ether oxygens (including phenoxy) is 1. The first-order valence-corrected chi connectivity index (χ1v) is 6.98. The van der Waals surface area contributed by atoms with E-state index in [0.717, 1.165) is 12.0 Å². The third kappa shape index (κ3) is 1.66. The van der Waals surface area contributed by atoms with E-state index in [1.165, 1.54) is 6.42 Å². The summed E-state index contributed by atoms with van der Waals surface area (Å²) in [4.78, 5) is 12.3. The first kappa shape index (κ1) is 11.0. The summed E-state index contributed by atoms with van der Waals surface area (Å²) in [6.07, 6.45) is 9.00. The molecule has 3 aliphatic rings. The highest BCUT2D eigenvalue weighted by atomic mass is 16.5. The van der Waals surface area contributed by atoms with Crippen LogP contribution in [0.4, 0.5) is 0 Å². The summed E-state index contributed by atoms with van der Waals surface area (Å²) in [6, 6.07) is 9.34. The molecule has 0 aliphatic heterocycles. The molecule has 4 rings (SSSR count). The van der Waals surface area contributed by atoms with Gasteiger partial charge in [0.15, 0.2) is 0 Å². The van der Waals surface area contributed by atoms with Gasteiger partial charge >= 0.3 is 5.97 Å². The van der Waals surface area contributed by atoms with Crippen LogP contribution in [0.15, 0.2) is 54.1 Å². The van der Waals surface area contributed by atoms with Crippen LogP contribution in [0.1, 0.15) is 12.8 Å². The fourth-order valence-electron chi connectivity index (χ4n) is 3.98. The summed E-state index contributed by atoms with van der Waals surface area (Å²) in [6.45, 7) is 0. The summed E-state index contributed by atoms with van der Waals surface area (Å²) in [5.41, 5.74) is 0.908. The van der Waals surface area contributed by atoms with Crippen molar-refractivity contribution >= 4 is 5.97 Å². The molecule has 4 atom stereocenters. The molecule has 19 heavy (non-hydrogen) atoms. The molecule has 96 valence electrons. The van der Waals surface area contributed by atoms with Crippen LogP contribution in [0.2, 0.25) is 0 Å². The number of allylic oxidation sites excluding steroid dienone is 3. The van der Waals surface area contributed by atoms with Gasteiger partial charge in [0.2, 0.25) is 0 Å². The molecule has 0 spiro atoms. The molecule has 3 aliphatic carbocycles. The predicted molar refractivity (Wildman–Crippen MR) is 72.5 cm³/mol. The van der Waals surface area contributed by atoms with Crippen molar-refractivity contribution in [3.05, 3.63) is 54.1 Å². The van der Waals surface area contributed by atoms with E-state index in [0.29, 0.717) is 29.4 Å². The standard InChI is InChI=1S/C17H16O2/c18-17(19-13-4-2-1-3-5-13)15-9-8-14-11-6-7-12(10-11)16(14)15/h1-7,9,11-12,14,16H,8,10H2. The van der Waals surface area contributed by atoms with Gasteiger partial charge in [-0.3, -0.25) is 0 Å². The minimum Gasteiger partial charge on any atom is -0.423 e. The molecule has 2 nitrogen and oxygen atoms in total. The van der Waals surface area contributed by atoms with Crippen LogP contribution >= 0.6 is 0 Å². The minimum absolute atomic E-state index is 0.153. The maximum Gasteiger partial charge on any atom is 0.339 e. The molecule has 1 aromatic carbocycles. The van der Waals surface area contributed by atoms with Crippen LogP contribution in [0.25, 0.3) is 0 Å². The van der Waals surface area contributed by atoms with Gasteiger partial charge in [0.1, 0.15) is 5.75 Å². The second-order valence-corrected chi connectivity index (χ2v) is 5.74. The second kappa shape index (κ2) is 4.09. The largest absolute Gasteiger partial charge is 0.423 e. The van der Waals surface area contributed by atoms with E-state index in [2.05, 4.69) is 18.2 Å². The van der Waals surface area contributed by atoms with Crippen molar-refractivity contribution in [1.29, 1.82) is 0 Å². The normalized spacial score (nSPS) is 34.2. The lowest BCUT2D eigenvalue weighted by Crippen LogP contribution is -2.23. The van der Waals surface area contributed by atoms with Crippen LogP contribution in [0.5, 0.6) is 5.75 Å². The third-order valence-electron chi connectivity index (χ3n) is 4.78. The number of benzene rings is 1. The minimum atomic E-state index is -0.153. The van der Waals surface area contributed by atoms with E-state index >= 15 is 0 Å². The fraction of sp³-hybridized carbons (Fsp3) is 0.353. The Balaban J connectivity index is 1.54. The van der Waals surface area contributed by atoms with Gasteiger partial charge in [0, 0.05) is 11.5 Å². The van der Waals surface area contributed by atoms with Crippen molar-refractivity contribution in [2.45, 2.75) is 12.8 Å². The third-order valence-corrected chi connectivity index (χ3v) is 4.78. The van der Waals surface area contributed by atoms with Crippen LogP contribution in [0.3, 0.4) is 0 Å². The summed E-state index contributed by atoms with van der Waals surface area (Å²) in [7, 11) is 0. The highest BCUT2D eigenvalue weighted by Crippen LogP contribution is 2.55. The van der Waals surface area contributed by atoms with Crippen molar-refractivity contribution in [2.24, 2.45) is 23.7 Å². The average molecular weight is 252 g/mol. The molecule has 1 aromatic rings. The summed E-state index contributed by atoms with van der Waals surface area (Å²) in [5.74, 6) is 2.79. The van der Waals surface area contributed by atoms with Crippen LogP contribution in [-0.4, -0.2) is 5.97 Å². The molecule has 0 N–H and O–H groups in total. The molecule has 2 heteroatoms. The van der Waals surface area contributed by atoms with Gasteiger partial charge in [-0.15, -0.1) is 0 Å². The van der Waals surface area contributed by atoms with Gasteiger partial charge < -0.3 is 4.74 Å². The molecular weight excluding hydrogens is 236 g/mol. The number of hydrogen-bond acceptors (Lipinski definition) is 2. The number of hydrogen-bond donors (Lipinski definition) is 0. The monoisotopic (exact) mass is 252 g/mol. The molecular formula is C17H16O2.